The SMILES string of the molecule is C[C@H]1C(=O)C(C#N)=C[C@@]2(C)c3c(c(-c4ccc(F)cc4)nn3-c3ccc(-c4ccccc4)cc3)CC[C@H]12. The Balaban J connectivity index is 1.57. The summed E-state index contributed by atoms with van der Waals surface area (Å²) in [5.74, 6) is -0.562. The van der Waals surface area contributed by atoms with Crippen LogP contribution in [0, 0.1) is 29.0 Å². The summed E-state index contributed by atoms with van der Waals surface area (Å²) in [5.41, 5.74) is 6.58. The largest absolute Gasteiger partial charge is 0.293 e. The van der Waals surface area contributed by atoms with Crippen molar-refractivity contribution in [3.63, 3.8) is 0 Å². The molecular weight excluding hydrogens is 461 g/mol. The van der Waals surface area contributed by atoms with Crippen LogP contribution in [0.5, 0.6) is 0 Å². The second-order valence-electron chi connectivity index (χ2n) is 10.3. The van der Waals surface area contributed by atoms with Gasteiger partial charge in [-0.15, -0.1) is 0 Å². The molecule has 3 atom stereocenters. The molecule has 0 amide bonds. The van der Waals surface area contributed by atoms with Gasteiger partial charge in [-0.1, -0.05) is 62.4 Å². The van der Waals surface area contributed by atoms with Gasteiger partial charge in [-0.2, -0.15) is 10.4 Å². The minimum Gasteiger partial charge on any atom is -0.293 e. The van der Waals surface area contributed by atoms with Gasteiger partial charge in [0.1, 0.15) is 11.9 Å². The van der Waals surface area contributed by atoms with Crippen molar-refractivity contribution >= 4 is 5.78 Å². The van der Waals surface area contributed by atoms with Crippen molar-refractivity contribution in [3.8, 4) is 34.1 Å². The van der Waals surface area contributed by atoms with Crippen molar-refractivity contribution in [1.29, 1.82) is 5.26 Å². The fourth-order valence-electron chi connectivity index (χ4n) is 6.30. The van der Waals surface area contributed by atoms with E-state index in [1.165, 1.54) is 12.1 Å². The lowest BCUT2D eigenvalue weighted by atomic mass is 9.57. The fourth-order valence-corrected chi connectivity index (χ4v) is 6.30. The summed E-state index contributed by atoms with van der Waals surface area (Å²) in [6, 6.07) is 27.1. The van der Waals surface area contributed by atoms with Gasteiger partial charge in [0.15, 0.2) is 5.78 Å². The predicted molar refractivity (Wildman–Crippen MR) is 141 cm³/mol. The highest BCUT2D eigenvalue weighted by molar-refractivity contribution is 6.02. The summed E-state index contributed by atoms with van der Waals surface area (Å²) in [6.07, 6.45) is 3.44. The molecule has 1 heterocycles. The van der Waals surface area contributed by atoms with Crippen LogP contribution in [0.1, 0.15) is 31.5 Å². The number of nitrogens with zero attached hydrogens (tertiary/aromatic N) is 3. The molecule has 182 valence electrons. The highest BCUT2D eigenvalue weighted by atomic mass is 19.1. The summed E-state index contributed by atoms with van der Waals surface area (Å²) in [7, 11) is 0. The fraction of sp³-hybridized carbons (Fsp3) is 0.219. The molecule has 2 aliphatic carbocycles. The number of allylic oxidation sites excluding steroid dienone is 2. The maximum Gasteiger partial charge on any atom is 0.176 e. The van der Waals surface area contributed by atoms with E-state index in [-0.39, 0.29) is 29.0 Å². The molecule has 0 radical (unpaired) electrons. The highest BCUT2D eigenvalue weighted by Gasteiger charge is 2.50. The van der Waals surface area contributed by atoms with Crippen molar-refractivity contribution < 1.29 is 9.18 Å². The number of hydrogen-bond donors (Lipinski definition) is 0. The van der Waals surface area contributed by atoms with Crippen molar-refractivity contribution in [2.45, 2.75) is 32.1 Å². The summed E-state index contributed by atoms with van der Waals surface area (Å²) in [4.78, 5) is 12.9. The average molecular weight is 488 g/mol. The molecular formula is C32H26FN3O. The quantitative estimate of drug-likeness (QED) is 0.318. The van der Waals surface area contributed by atoms with Gasteiger partial charge < -0.3 is 0 Å². The van der Waals surface area contributed by atoms with Gasteiger partial charge >= 0.3 is 0 Å². The molecule has 0 saturated carbocycles. The molecule has 2 aliphatic rings. The number of rotatable bonds is 3. The van der Waals surface area contributed by atoms with Gasteiger partial charge in [0.25, 0.3) is 0 Å². The Morgan fingerprint density at radius 2 is 1.62 bits per heavy atom. The first-order chi connectivity index (χ1) is 17.9. The summed E-state index contributed by atoms with van der Waals surface area (Å²) < 4.78 is 15.7. The van der Waals surface area contributed by atoms with Gasteiger partial charge in [0.05, 0.1) is 22.6 Å². The molecule has 0 fully saturated rings. The Bertz CT molecular complexity index is 1580. The van der Waals surface area contributed by atoms with E-state index in [1.54, 1.807) is 12.1 Å². The van der Waals surface area contributed by atoms with Crippen LogP contribution < -0.4 is 0 Å². The van der Waals surface area contributed by atoms with E-state index in [9.17, 15) is 14.4 Å². The molecule has 4 nitrogen and oxygen atoms in total. The molecule has 5 heteroatoms. The van der Waals surface area contributed by atoms with Crippen molar-refractivity contribution in [3.05, 3.63) is 108 Å². The van der Waals surface area contributed by atoms with Crippen LogP contribution >= 0.6 is 0 Å². The van der Waals surface area contributed by atoms with Crippen LogP contribution in [0.4, 0.5) is 4.39 Å². The summed E-state index contributed by atoms with van der Waals surface area (Å²) in [6.45, 7) is 4.07. The zero-order chi connectivity index (χ0) is 25.7. The van der Waals surface area contributed by atoms with Crippen molar-refractivity contribution in [2.24, 2.45) is 11.8 Å². The standard InChI is InChI=1S/C32H26FN3O/c1-20-28-17-16-27-29(23-8-12-25(33)13-9-23)35-36(31(27)32(28,2)18-24(19-34)30(20)37)26-14-10-22(11-15-26)21-6-4-3-5-7-21/h3-15,18,20,28H,16-17H2,1-2H3/t20-,28-,32-/m1/s1. The van der Waals surface area contributed by atoms with E-state index >= 15 is 0 Å². The van der Waals surface area contributed by atoms with Gasteiger partial charge in [0.2, 0.25) is 0 Å². The molecule has 6 rings (SSSR count). The van der Waals surface area contributed by atoms with E-state index in [0.717, 1.165) is 52.2 Å². The van der Waals surface area contributed by atoms with Crippen molar-refractivity contribution in [2.75, 3.05) is 0 Å². The maximum absolute atomic E-state index is 13.7. The lowest BCUT2D eigenvalue weighted by Gasteiger charge is -2.45. The Morgan fingerprint density at radius 3 is 2.30 bits per heavy atom. The van der Waals surface area contributed by atoms with Gasteiger partial charge in [-0.25, -0.2) is 9.07 Å². The van der Waals surface area contributed by atoms with Crippen LogP contribution in [0.3, 0.4) is 0 Å². The number of hydrogen-bond acceptors (Lipinski definition) is 3. The number of aromatic nitrogens is 2. The predicted octanol–water partition coefficient (Wildman–Crippen LogP) is 6.83. The number of ketones is 1. The van der Waals surface area contributed by atoms with E-state index in [2.05, 4.69) is 49.4 Å². The van der Waals surface area contributed by atoms with Gasteiger partial charge in [-0.3, -0.25) is 4.79 Å². The molecule has 37 heavy (non-hydrogen) atoms. The smallest absolute Gasteiger partial charge is 0.176 e. The molecule has 4 aromatic rings. The highest BCUT2D eigenvalue weighted by Crippen LogP contribution is 2.52. The first kappa shape index (κ1) is 23.1. The average Bonchev–Trinajstić information content (AvgIpc) is 3.33. The third kappa shape index (κ3) is 3.64. The van der Waals surface area contributed by atoms with E-state index in [0.29, 0.717) is 0 Å². The van der Waals surface area contributed by atoms with E-state index in [4.69, 9.17) is 5.10 Å². The molecule has 0 N–H and O–H groups in total. The number of halogens is 1. The number of fused-ring (bicyclic) bond motifs is 3. The molecule has 0 saturated heterocycles. The van der Waals surface area contributed by atoms with Crippen LogP contribution in [0.15, 0.2) is 90.5 Å². The number of carbonyl (C=O) groups excluding carboxylic acids is 1. The maximum atomic E-state index is 13.7. The minimum absolute atomic E-state index is 0.0599. The number of carbonyl (C=O) groups is 1. The molecule has 0 bridgehead atoms. The van der Waals surface area contributed by atoms with Crippen LogP contribution in [-0.4, -0.2) is 15.6 Å². The molecule has 0 spiro atoms. The van der Waals surface area contributed by atoms with Crippen molar-refractivity contribution in [1.82, 2.24) is 9.78 Å². The second kappa shape index (κ2) is 8.67. The zero-order valence-corrected chi connectivity index (χ0v) is 20.8. The van der Waals surface area contributed by atoms with E-state index in [1.807, 2.05) is 35.9 Å². The molecule has 3 aromatic carbocycles. The lowest BCUT2D eigenvalue weighted by Crippen LogP contribution is -2.46. The van der Waals surface area contributed by atoms with Crippen LogP contribution in [0.25, 0.3) is 28.1 Å². The monoisotopic (exact) mass is 487 g/mol. The van der Waals surface area contributed by atoms with Gasteiger partial charge in [0, 0.05) is 22.5 Å². The molecule has 0 unspecified atom stereocenters. The third-order valence-electron chi connectivity index (χ3n) is 8.15. The normalized spacial score (nSPS) is 22.5. The number of Topliss-reactive ketones (excluding diaryl/α,β-unsaturated/α-hetero) is 1. The zero-order valence-electron chi connectivity index (χ0n) is 20.8. The lowest BCUT2D eigenvalue weighted by molar-refractivity contribution is -0.121. The van der Waals surface area contributed by atoms with E-state index < -0.39 is 5.41 Å². The second-order valence-corrected chi connectivity index (χ2v) is 10.3. The molecule has 1 aromatic heterocycles. The van der Waals surface area contributed by atoms with Crippen LogP contribution in [0.2, 0.25) is 0 Å². The Kier molecular flexibility index (Phi) is 5.42. The Hall–Kier alpha value is -4.30. The topological polar surface area (TPSA) is 58.7 Å². The van der Waals surface area contributed by atoms with Gasteiger partial charge in [-0.05, 0) is 66.3 Å². The minimum atomic E-state index is -0.546. The number of benzene rings is 3. The number of nitriles is 1. The Labute approximate surface area is 215 Å². The molecule has 0 aliphatic heterocycles. The Morgan fingerprint density at radius 1 is 0.973 bits per heavy atom. The first-order valence-electron chi connectivity index (χ1n) is 12.6. The third-order valence-corrected chi connectivity index (χ3v) is 8.15. The van der Waals surface area contributed by atoms with Crippen LogP contribution in [-0.2, 0) is 16.6 Å². The summed E-state index contributed by atoms with van der Waals surface area (Å²) in [5, 5.41) is 14.9. The first-order valence-corrected chi connectivity index (χ1v) is 12.6. The summed E-state index contributed by atoms with van der Waals surface area (Å²) >= 11 is 0.